The van der Waals surface area contributed by atoms with Crippen LogP contribution in [0.3, 0.4) is 0 Å². The summed E-state index contributed by atoms with van der Waals surface area (Å²) in [6, 6.07) is 15.8. The highest BCUT2D eigenvalue weighted by molar-refractivity contribution is 5.74. The Morgan fingerprint density at radius 2 is 1.27 bits per heavy atom. The summed E-state index contributed by atoms with van der Waals surface area (Å²) < 4.78 is 0. The molecule has 0 heterocycles. The Hall–Kier alpha value is -1.93. The Morgan fingerprint density at radius 1 is 0.864 bits per heavy atom. The normalized spacial score (nSPS) is 10.3. The predicted octanol–water partition coefficient (Wildman–Crippen LogP) is 5.17. The highest BCUT2D eigenvalue weighted by atomic mass is 16.3. The Labute approximate surface area is 135 Å². The van der Waals surface area contributed by atoms with Crippen molar-refractivity contribution in [2.75, 3.05) is 0 Å². The Morgan fingerprint density at radius 3 is 1.59 bits per heavy atom. The maximum Gasteiger partial charge on any atom is 0.150 e. The van der Waals surface area contributed by atoms with Crippen LogP contribution < -0.4 is 0 Å². The fraction of sp³-hybridized carbons (Fsp3) is 0.350. The largest absolute Gasteiger partial charge is 0.392 e. The predicted molar refractivity (Wildman–Crippen MR) is 94.5 cm³/mol. The zero-order valence-corrected chi connectivity index (χ0v) is 13.9. The summed E-state index contributed by atoms with van der Waals surface area (Å²) in [6.07, 6.45) is 0.865. The van der Waals surface area contributed by atoms with E-state index in [-0.39, 0.29) is 8.03 Å². The summed E-state index contributed by atoms with van der Waals surface area (Å²) in [5.74, 6) is 1.11. The van der Waals surface area contributed by atoms with Crippen LogP contribution in [0, 0.1) is 0 Å². The monoisotopic (exact) mass is 300 g/mol. The van der Waals surface area contributed by atoms with Gasteiger partial charge >= 0.3 is 0 Å². The standard InChI is InChI=1S/C10H14O.C10H12O.H2/c2*1-8(2)10-5-3-9(7-11)4-6-10;/h3-6,8,11H,7H2,1-2H3;3-8H,1-2H3;1H. The van der Waals surface area contributed by atoms with Gasteiger partial charge in [-0.2, -0.15) is 0 Å². The lowest BCUT2D eigenvalue weighted by Gasteiger charge is -2.04. The van der Waals surface area contributed by atoms with Gasteiger partial charge in [0.1, 0.15) is 6.29 Å². The lowest BCUT2D eigenvalue weighted by molar-refractivity contribution is 0.112. The molecule has 0 aliphatic carbocycles. The molecule has 0 spiro atoms. The average molecular weight is 300 g/mol. The van der Waals surface area contributed by atoms with Crippen molar-refractivity contribution in [3.8, 4) is 0 Å². The molecule has 22 heavy (non-hydrogen) atoms. The maximum atomic E-state index is 10.3. The smallest absolute Gasteiger partial charge is 0.150 e. The molecule has 2 nitrogen and oxygen atoms in total. The zero-order chi connectivity index (χ0) is 16.5. The Kier molecular flexibility index (Phi) is 7.55. The van der Waals surface area contributed by atoms with E-state index < -0.39 is 0 Å². The van der Waals surface area contributed by atoms with Gasteiger partial charge in [0.25, 0.3) is 0 Å². The number of aliphatic hydroxyl groups excluding tert-OH is 1. The summed E-state index contributed by atoms with van der Waals surface area (Å²) in [5.41, 5.74) is 4.32. The molecule has 0 atom stereocenters. The second-order valence-corrected chi connectivity index (χ2v) is 5.99. The first-order chi connectivity index (χ1) is 10.5. The fourth-order valence-corrected chi connectivity index (χ4v) is 1.97. The third kappa shape index (κ3) is 5.82. The van der Waals surface area contributed by atoms with Crippen LogP contribution in [0.5, 0.6) is 0 Å². The first-order valence-electron chi connectivity index (χ1n) is 7.72. The van der Waals surface area contributed by atoms with Gasteiger partial charge in [0.2, 0.25) is 0 Å². The van der Waals surface area contributed by atoms with E-state index >= 15 is 0 Å². The highest BCUT2D eigenvalue weighted by Gasteiger charge is 1.97. The summed E-state index contributed by atoms with van der Waals surface area (Å²) in [5, 5.41) is 8.77. The van der Waals surface area contributed by atoms with Crippen LogP contribution in [0.1, 0.15) is 68.0 Å². The third-order valence-corrected chi connectivity index (χ3v) is 3.57. The molecule has 0 aliphatic rings. The second-order valence-electron chi connectivity index (χ2n) is 5.99. The number of benzene rings is 2. The average Bonchev–Trinajstić information content (AvgIpc) is 2.55. The van der Waals surface area contributed by atoms with Crippen LogP contribution in [0.4, 0.5) is 0 Å². The first-order valence-corrected chi connectivity index (χ1v) is 7.72. The number of carbonyl (C=O) groups is 1. The minimum Gasteiger partial charge on any atom is -0.392 e. The van der Waals surface area contributed by atoms with Gasteiger partial charge in [0.15, 0.2) is 0 Å². The van der Waals surface area contributed by atoms with Crippen molar-refractivity contribution >= 4 is 6.29 Å². The van der Waals surface area contributed by atoms with Crippen LogP contribution in [0.15, 0.2) is 48.5 Å². The molecule has 0 aromatic heterocycles. The molecule has 0 radical (unpaired) electrons. The molecule has 0 aliphatic heterocycles. The first kappa shape index (κ1) is 18.1. The molecule has 0 saturated carbocycles. The minimum absolute atomic E-state index is 0. The van der Waals surface area contributed by atoms with Gasteiger partial charge in [0.05, 0.1) is 6.61 Å². The molecule has 0 fully saturated rings. The van der Waals surface area contributed by atoms with Gasteiger partial charge in [-0.25, -0.2) is 0 Å². The molecule has 2 heteroatoms. The van der Waals surface area contributed by atoms with E-state index in [9.17, 15) is 4.79 Å². The summed E-state index contributed by atoms with van der Waals surface area (Å²) >= 11 is 0. The third-order valence-electron chi connectivity index (χ3n) is 3.57. The lowest BCUT2D eigenvalue weighted by Crippen LogP contribution is -1.88. The molecular weight excluding hydrogens is 272 g/mol. The van der Waals surface area contributed by atoms with Crippen LogP contribution >= 0.6 is 0 Å². The van der Waals surface area contributed by atoms with Gasteiger partial charge in [-0.05, 0) is 28.5 Å². The lowest BCUT2D eigenvalue weighted by atomic mass is 10.0. The van der Waals surface area contributed by atoms with Gasteiger partial charge < -0.3 is 5.11 Å². The molecule has 1 N–H and O–H groups in total. The van der Waals surface area contributed by atoms with Crippen molar-refractivity contribution in [1.82, 2.24) is 0 Å². The maximum absolute atomic E-state index is 10.3. The molecule has 120 valence electrons. The van der Waals surface area contributed by atoms with E-state index in [2.05, 4.69) is 39.8 Å². The topological polar surface area (TPSA) is 37.3 Å². The summed E-state index contributed by atoms with van der Waals surface area (Å²) in [6.45, 7) is 8.73. The molecule has 0 saturated heterocycles. The van der Waals surface area contributed by atoms with Crippen molar-refractivity contribution in [2.24, 2.45) is 0 Å². The van der Waals surface area contributed by atoms with E-state index in [4.69, 9.17) is 5.11 Å². The highest BCUT2D eigenvalue weighted by Crippen LogP contribution is 2.14. The minimum atomic E-state index is 0. The van der Waals surface area contributed by atoms with E-state index in [1.165, 1.54) is 11.1 Å². The van der Waals surface area contributed by atoms with E-state index in [0.29, 0.717) is 11.8 Å². The van der Waals surface area contributed by atoms with Gasteiger partial charge in [-0.3, -0.25) is 4.79 Å². The van der Waals surface area contributed by atoms with E-state index in [1.54, 1.807) is 0 Å². The number of rotatable bonds is 4. The summed E-state index contributed by atoms with van der Waals surface area (Å²) in [7, 11) is 0. The van der Waals surface area contributed by atoms with E-state index in [1.807, 2.05) is 36.4 Å². The van der Waals surface area contributed by atoms with Crippen LogP contribution in [-0.4, -0.2) is 11.4 Å². The molecule has 0 bridgehead atoms. The molecular formula is C20H28O2. The molecule has 2 aromatic carbocycles. The van der Waals surface area contributed by atoms with Crippen molar-refractivity contribution < 1.29 is 11.3 Å². The van der Waals surface area contributed by atoms with Gasteiger partial charge in [0, 0.05) is 6.99 Å². The Balaban J connectivity index is 0.000000403. The molecule has 2 rings (SSSR count). The molecule has 0 unspecified atom stereocenters. The summed E-state index contributed by atoms with van der Waals surface area (Å²) in [4.78, 5) is 10.3. The molecule has 0 amide bonds. The SMILES string of the molecule is CC(C)c1ccc(C=O)cc1.CC(C)c1ccc(CO)cc1.[HH]. The van der Waals surface area contributed by atoms with Gasteiger partial charge in [-0.15, -0.1) is 0 Å². The van der Waals surface area contributed by atoms with Crippen molar-refractivity contribution in [3.05, 3.63) is 70.8 Å². The van der Waals surface area contributed by atoms with E-state index in [0.717, 1.165) is 17.4 Å². The number of aldehydes is 1. The quantitative estimate of drug-likeness (QED) is 0.791. The number of aliphatic hydroxyl groups is 1. The molecule has 2 aromatic rings. The van der Waals surface area contributed by atoms with Crippen LogP contribution in [-0.2, 0) is 6.61 Å². The van der Waals surface area contributed by atoms with Crippen LogP contribution in [0.2, 0.25) is 0 Å². The number of hydrogen-bond acceptors (Lipinski definition) is 2. The zero-order valence-electron chi connectivity index (χ0n) is 13.9. The number of hydrogen-bond donors (Lipinski definition) is 1. The second kappa shape index (κ2) is 9.16. The fourth-order valence-electron chi connectivity index (χ4n) is 1.97. The van der Waals surface area contributed by atoms with Crippen LogP contribution in [0.25, 0.3) is 0 Å². The van der Waals surface area contributed by atoms with Crippen molar-refractivity contribution in [3.63, 3.8) is 0 Å². The Bertz CT molecular complexity index is 557. The van der Waals surface area contributed by atoms with Gasteiger partial charge in [-0.1, -0.05) is 76.2 Å². The van der Waals surface area contributed by atoms with Crippen molar-refractivity contribution in [1.29, 1.82) is 0 Å². The number of carbonyl (C=O) groups excluding carboxylic acids is 1. The van der Waals surface area contributed by atoms with Crippen molar-refractivity contribution in [2.45, 2.75) is 46.1 Å².